The molecule has 0 aromatic rings. The summed E-state index contributed by atoms with van der Waals surface area (Å²) in [4.78, 5) is 24.4. The van der Waals surface area contributed by atoms with Crippen molar-refractivity contribution in [3.8, 4) is 0 Å². The van der Waals surface area contributed by atoms with Gasteiger partial charge in [-0.1, -0.05) is 6.92 Å². The number of amides is 2. The minimum Gasteiger partial charge on any atom is -0.479 e. The Balaban J connectivity index is 2.37. The van der Waals surface area contributed by atoms with E-state index in [0.29, 0.717) is 12.5 Å². The maximum absolute atomic E-state index is 11.9. The first kappa shape index (κ1) is 14.8. The molecule has 6 heteroatoms. The summed E-state index contributed by atoms with van der Waals surface area (Å²) in [5.74, 6) is -0.443. The molecule has 6 nitrogen and oxygen atoms in total. The van der Waals surface area contributed by atoms with Gasteiger partial charge in [0.15, 0.2) is 6.10 Å². The molecule has 0 radical (unpaired) electrons. The Bertz CT molecular complexity index is 292. The number of carboxylic acids is 1. The number of carboxylic acid groups (broad SMARTS) is 1. The maximum atomic E-state index is 11.9. The first-order chi connectivity index (χ1) is 8.58. The first-order valence-corrected chi connectivity index (χ1v) is 6.36. The lowest BCUT2D eigenvalue weighted by Crippen LogP contribution is -2.46. The van der Waals surface area contributed by atoms with E-state index in [1.54, 1.807) is 4.90 Å². The lowest BCUT2D eigenvalue weighted by molar-refractivity contribution is -0.148. The van der Waals surface area contributed by atoms with Crippen LogP contribution in [-0.4, -0.2) is 54.9 Å². The highest BCUT2D eigenvalue weighted by atomic mass is 16.5. The Morgan fingerprint density at radius 3 is 2.61 bits per heavy atom. The molecular formula is C12H22N2O4. The zero-order chi connectivity index (χ0) is 13.5. The zero-order valence-electron chi connectivity index (χ0n) is 11.0. The van der Waals surface area contributed by atoms with E-state index >= 15 is 0 Å². The quantitative estimate of drug-likeness (QED) is 0.678. The standard InChI is InChI=1S/C12H22N2O4/c1-3-6-14(8-9-4-5-9)12(17)13-7-10(18-2)11(15)16/h9-10H,3-8H2,1-2H3,(H,13,17)(H,15,16). The SMILES string of the molecule is CCCN(CC1CC1)C(=O)NCC(OC)C(=O)O. The predicted molar refractivity (Wildman–Crippen MR) is 66.4 cm³/mol. The highest BCUT2D eigenvalue weighted by molar-refractivity contribution is 5.77. The van der Waals surface area contributed by atoms with Gasteiger partial charge in [-0.25, -0.2) is 9.59 Å². The molecule has 0 heterocycles. The van der Waals surface area contributed by atoms with Crippen LogP contribution in [0, 0.1) is 5.92 Å². The van der Waals surface area contributed by atoms with Gasteiger partial charge in [-0.05, 0) is 25.2 Å². The highest BCUT2D eigenvalue weighted by Gasteiger charge is 2.27. The molecule has 0 aromatic heterocycles. The van der Waals surface area contributed by atoms with Crippen LogP contribution in [0.1, 0.15) is 26.2 Å². The third-order valence-electron chi connectivity index (χ3n) is 2.95. The molecule has 1 aliphatic carbocycles. The lowest BCUT2D eigenvalue weighted by atomic mass is 10.3. The van der Waals surface area contributed by atoms with Gasteiger partial charge in [-0.15, -0.1) is 0 Å². The van der Waals surface area contributed by atoms with Crippen molar-refractivity contribution in [1.82, 2.24) is 10.2 Å². The molecule has 104 valence electrons. The molecule has 1 aliphatic rings. The van der Waals surface area contributed by atoms with E-state index in [0.717, 1.165) is 13.0 Å². The van der Waals surface area contributed by atoms with Crippen LogP contribution in [0.5, 0.6) is 0 Å². The van der Waals surface area contributed by atoms with Crippen LogP contribution >= 0.6 is 0 Å². The molecule has 2 N–H and O–H groups in total. The van der Waals surface area contributed by atoms with E-state index in [1.165, 1.54) is 20.0 Å². The van der Waals surface area contributed by atoms with Gasteiger partial charge in [0.2, 0.25) is 0 Å². The lowest BCUT2D eigenvalue weighted by Gasteiger charge is -2.23. The van der Waals surface area contributed by atoms with E-state index in [1.807, 2.05) is 6.92 Å². The number of hydrogen-bond donors (Lipinski definition) is 2. The number of ether oxygens (including phenoxy) is 1. The smallest absolute Gasteiger partial charge is 0.334 e. The van der Waals surface area contributed by atoms with Crippen LogP contribution in [0.2, 0.25) is 0 Å². The second-order valence-electron chi connectivity index (χ2n) is 4.64. The van der Waals surface area contributed by atoms with Gasteiger partial charge in [0.25, 0.3) is 0 Å². The monoisotopic (exact) mass is 258 g/mol. The summed E-state index contributed by atoms with van der Waals surface area (Å²) in [5.41, 5.74) is 0. The molecule has 0 spiro atoms. The van der Waals surface area contributed by atoms with Crippen LogP contribution in [0.25, 0.3) is 0 Å². The van der Waals surface area contributed by atoms with Crippen LogP contribution in [0.15, 0.2) is 0 Å². The van der Waals surface area contributed by atoms with Crippen LogP contribution in [0.4, 0.5) is 4.79 Å². The molecule has 1 rings (SSSR count). The highest BCUT2D eigenvalue weighted by Crippen LogP contribution is 2.29. The number of carbonyl (C=O) groups is 2. The van der Waals surface area contributed by atoms with Gasteiger partial charge in [-0.2, -0.15) is 0 Å². The summed E-state index contributed by atoms with van der Waals surface area (Å²) in [6, 6.07) is -0.202. The summed E-state index contributed by atoms with van der Waals surface area (Å²) in [6.07, 6.45) is 2.28. The number of methoxy groups -OCH3 is 1. The minimum absolute atomic E-state index is 0.00442. The van der Waals surface area contributed by atoms with Gasteiger partial charge in [0.1, 0.15) is 0 Å². The molecule has 1 saturated carbocycles. The molecule has 2 amide bonds. The predicted octanol–water partition coefficient (Wildman–Crippen LogP) is 0.918. The van der Waals surface area contributed by atoms with Crippen molar-refractivity contribution < 1.29 is 19.4 Å². The fraction of sp³-hybridized carbons (Fsp3) is 0.833. The molecule has 1 atom stereocenters. The number of nitrogens with one attached hydrogen (secondary N) is 1. The average molecular weight is 258 g/mol. The number of urea groups is 1. The zero-order valence-corrected chi connectivity index (χ0v) is 11.0. The number of rotatable bonds is 8. The second kappa shape index (κ2) is 7.20. The Labute approximate surface area is 107 Å². The summed E-state index contributed by atoms with van der Waals surface area (Å²) in [6.45, 7) is 3.48. The summed E-state index contributed by atoms with van der Waals surface area (Å²) in [5, 5.41) is 11.4. The van der Waals surface area contributed by atoms with Gasteiger partial charge >= 0.3 is 12.0 Å². The normalized spacial score (nSPS) is 16.1. The van der Waals surface area contributed by atoms with Crippen molar-refractivity contribution in [3.05, 3.63) is 0 Å². The summed E-state index contributed by atoms with van der Waals surface area (Å²) < 4.78 is 4.76. The molecule has 1 fully saturated rings. The fourth-order valence-corrected chi connectivity index (χ4v) is 1.72. The van der Waals surface area contributed by atoms with Gasteiger partial charge in [-0.3, -0.25) is 0 Å². The van der Waals surface area contributed by atoms with Crippen molar-refractivity contribution in [3.63, 3.8) is 0 Å². The number of carbonyl (C=O) groups excluding carboxylic acids is 1. The van der Waals surface area contributed by atoms with Gasteiger partial charge < -0.3 is 20.1 Å². The van der Waals surface area contributed by atoms with E-state index in [-0.39, 0.29) is 12.6 Å². The third-order valence-corrected chi connectivity index (χ3v) is 2.95. The largest absolute Gasteiger partial charge is 0.479 e. The molecule has 0 saturated heterocycles. The minimum atomic E-state index is -1.07. The summed E-state index contributed by atoms with van der Waals surface area (Å²) >= 11 is 0. The molecule has 0 bridgehead atoms. The number of hydrogen-bond acceptors (Lipinski definition) is 3. The number of aliphatic carboxylic acids is 1. The van der Waals surface area contributed by atoms with Crippen LogP contribution in [-0.2, 0) is 9.53 Å². The van der Waals surface area contributed by atoms with Crippen molar-refractivity contribution >= 4 is 12.0 Å². The fourth-order valence-electron chi connectivity index (χ4n) is 1.72. The molecule has 0 aliphatic heterocycles. The second-order valence-corrected chi connectivity index (χ2v) is 4.64. The van der Waals surface area contributed by atoms with E-state index in [4.69, 9.17) is 9.84 Å². The van der Waals surface area contributed by atoms with Gasteiger partial charge in [0, 0.05) is 20.2 Å². The van der Waals surface area contributed by atoms with E-state index in [2.05, 4.69) is 5.32 Å². The van der Waals surface area contributed by atoms with Gasteiger partial charge in [0.05, 0.1) is 6.54 Å². The Kier molecular flexibility index (Phi) is 5.91. The van der Waals surface area contributed by atoms with Crippen molar-refractivity contribution in [1.29, 1.82) is 0 Å². The molecule has 0 aromatic carbocycles. The van der Waals surface area contributed by atoms with E-state index in [9.17, 15) is 9.59 Å². The Morgan fingerprint density at radius 2 is 2.17 bits per heavy atom. The summed E-state index contributed by atoms with van der Waals surface area (Å²) in [7, 11) is 1.32. The average Bonchev–Trinajstić information content (AvgIpc) is 3.12. The molecule has 18 heavy (non-hydrogen) atoms. The molecule has 1 unspecified atom stereocenters. The van der Waals surface area contributed by atoms with Crippen LogP contribution < -0.4 is 5.32 Å². The third kappa shape index (κ3) is 4.91. The maximum Gasteiger partial charge on any atom is 0.334 e. The van der Waals surface area contributed by atoms with E-state index < -0.39 is 12.1 Å². The first-order valence-electron chi connectivity index (χ1n) is 6.36. The number of nitrogens with zero attached hydrogens (tertiary/aromatic N) is 1. The molecular weight excluding hydrogens is 236 g/mol. The van der Waals surface area contributed by atoms with Crippen LogP contribution in [0.3, 0.4) is 0 Å². The Morgan fingerprint density at radius 1 is 1.50 bits per heavy atom. The Hall–Kier alpha value is -1.30. The topological polar surface area (TPSA) is 78.9 Å². The van der Waals surface area contributed by atoms with Crippen molar-refractivity contribution in [2.24, 2.45) is 5.92 Å². The van der Waals surface area contributed by atoms with Crippen molar-refractivity contribution in [2.75, 3.05) is 26.7 Å². The van der Waals surface area contributed by atoms with Crippen molar-refractivity contribution in [2.45, 2.75) is 32.3 Å².